The largest absolute Gasteiger partial charge is 0.479 e. The van der Waals surface area contributed by atoms with Crippen molar-refractivity contribution in [1.29, 1.82) is 0 Å². The number of hydrogen-bond donors (Lipinski definition) is 3. The molecule has 6 heteroatoms. The number of nitrogens with zero attached hydrogens (tertiary/aromatic N) is 1. The van der Waals surface area contributed by atoms with Crippen molar-refractivity contribution in [2.24, 2.45) is 0 Å². The van der Waals surface area contributed by atoms with Gasteiger partial charge in [-0.05, 0) is 24.5 Å². The van der Waals surface area contributed by atoms with Crippen LogP contribution in [0.1, 0.15) is 46.5 Å². The first-order chi connectivity index (χ1) is 10.1. The molecule has 3 N–H and O–H groups in total. The van der Waals surface area contributed by atoms with E-state index in [1.807, 2.05) is 0 Å². The van der Waals surface area contributed by atoms with Crippen molar-refractivity contribution >= 4 is 11.9 Å². The fourth-order valence-electron chi connectivity index (χ4n) is 2.19. The van der Waals surface area contributed by atoms with E-state index in [1.54, 1.807) is 36.4 Å². The van der Waals surface area contributed by atoms with E-state index in [2.05, 4.69) is 15.5 Å². The minimum Gasteiger partial charge on any atom is -0.479 e. The Bertz CT molecular complexity index is 662. The predicted octanol–water partition coefficient (Wildman–Crippen LogP) is 1.84. The number of aromatic amines is 1. The first-order valence-electron chi connectivity index (χ1n) is 6.79. The van der Waals surface area contributed by atoms with Gasteiger partial charge in [-0.15, -0.1) is 0 Å². The van der Waals surface area contributed by atoms with Gasteiger partial charge in [0.2, 0.25) is 0 Å². The molecule has 108 valence electrons. The highest BCUT2D eigenvalue weighted by atomic mass is 16.4. The van der Waals surface area contributed by atoms with Gasteiger partial charge in [-0.2, -0.15) is 5.10 Å². The van der Waals surface area contributed by atoms with E-state index in [4.69, 9.17) is 0 Å². The second kappa shape index (κ2) is 5.40. The highest BCUT2D eigenvalue weighted by Gasteiger charge is 2.28. The minimum atomic E-state index is -1.10. The summed E-state index contributed by atoms with van der Waals surface area (Å²) in [5.41, 5.74) is 1.68. The zero-order valence-electron chi connectivity index (χ0n) is 11.2. The van der Waals surface area contributed by atoms with Gasteiger partial charge in [-0.1, -0.05) is 30.3 Å². The first kappa shape index (κ1) is 13.4. The second-order valence-electron chi connectivity index (χ2n) is 5.14. The minimum absolute atomic E-state index is 0.221. The summed E-state index contributed by atoms with van der Waals surface area (Å²) in [6, 6.07) is 9.20. The number of H-pyrrole nitrogens is 1. The Labute approximate surface area is 121 Å². The molecule has 1 aromatic carbocycles. The smallest absolute Gasteiger partial charge is 0.330 e. The third-order valence-corrected chi connectivity index (χ3v) is 3.50. The Balaban J connectivity index is 1.75. The van der Waals surface area contributed by atoms with E-state index in [0.29, 0.717) is 11.5 Å². The number of carboxylic acids is 1. The molecule has 1 amide bonds. The molecule has 6 nitrogen and oxygen atoms in total. The Hall–Kier alpha value is -2.63. The van der Waals surface area contributed by atoms with Crippen LogP contribution in [0.25, 0.3) is 0 Å². The third kappa shape index (κ3) is 2.94. The maximum absolute atomic E-state index is 12.1. The van der Waals surface area contributed by atoms with Crippen LogP contribution in [0.2, 0.25) is 0 Å². The number of rotatable bonds is 5. The lowest BCUT2D eigenvalue weighted by Crippen LogP contribution is -2.33. The number of amides is 1. The molecular formula is C15H15N3O3. The summed E-state index contributed by atoms with van der Waals surface area (Å²) in [6.45, 7) is 0. The highest BCUT2D eigenvalue weighted by molar-refractivity contribution is 5.95. The molecule has 1 aliphatic carbocycles. The van der Waals surface area contributed by atoms with E-state index in [1.165, 1.54) is 0 Å². The molecule has 0 bridgehead atoms. The zero-order chi connectivity index (χ0) is 14.8. The van der Waals surface area contributed by atoms with E-state index < -0.39 is 17.9 Å². The van der Waals surface area contributed by atoms with Gasteiger partial charge in [-0.25, -0.2) is 4.79 Å². The van der Waals surface area contributed by atoms with Gasteiger partial charge in [0.25, 0.3) is 5.91 Å². The van der Waals surface area contributed by atoms with Crippen molar-refractivity contribution < 1.29 is 14.7 Å². The van der Waals surface area contributed by atoms with Crippen LogP contribution in [0, 0.1) is 0 Å². The Kier molecular flexibility index (Phi) is 3.43. The van der Waals surface area contributed by atoms with E-state index >= 15 is 0 Å². The third-order valence-electron chi connectivity index (χ3n) is 3.50. The van der Waals surface area contributed by atoms with Gasteiger partial charge < -0.3 is 10.4 Å². The number of carboxylic acid groups (broad SMARTS) is 1. The lowest BCUT2D eigenvalue weighted by atomic mass is 10.1. The van der Waals surface area contributed by atoms with Crippen LogP contribution in [0.5, 0.6) is 0 Å². The van der Waals surface area contributed by atoms with Crippen molar-refractivity contribution in [3.05, 3.63) is 53.3 Å². The van der Waals surface area contributed by atoms with Crippen molar-refractivity contribution in [1.82, 2.24) is 15.5 Å². The number of benzene rings is 1. The van der Waals surface area contributed by atoms with Crippen LogP contribution in [0.15, 0.2) is 36.4 Å². The van der Waals surface area contributed by atoms with E-state index in [-0.39, 0.29) is 5.69 Å². The standard InChI is InChI=1S/C15H15N3O3/c19-14(12-8-11(17-18-12)9-6-7-9)16-13(15(20)21)10-4-2-1-3-5-10/h1-5,8-9,13H,6-7H2,(H,16,19)(H,17,18)(H,20,21)/t13-/m1/s1. The summed E-state index contributed by atoms with van der Waals surface area (Å²) in [7, 11) is 0. The average molecular weight is 285 g/mol. The molecule has 1 fully saturated rings. The number of carbonyl (C=O) groups is 2. The van der Waals surface area contributed by atoms with Gasteiger partial charge in [0.15, 0.2) is 6.04 Å². The molecule has 0 unspecified atom stereocenters. The van der Waals surface area contributed by atoms with Crippen molar-refractivity contribution in [2.75, 3.05) is 0 Å². The van der Waals surface area contributed by atoms with E-state index in [9.17, 15) is 14.7 Å². The molecule has 1 saturated carbocycles. The highest BCUT2D eigenvalue weighted by Crippen LogP contribution is 2.39. The summed E-state index contributed by atoms with van der Waals surface area (Å²) < 4.78 is 0. The predicted molar refractivity (Wildman–Crippen MR) is 74.8 cm³/mol. The van der Waals surface area contributed by atoms with Gasteiger partial charge in [0, 0.05) is 11.6 Å². The normalized spacial score (nSPS) is 15.4. The van der Waals surface area contributed by atoms with Gasteiger partial charge >= 0.3 is 5.97 Å². The van der Waals surface area contributed by atoms with E-state index in [0.717, 1.165) is 18.5 Å². The molecule has 0 spiro atoms. The number of nitrogens with one attached hydrogen (secondary N) is 2. The van der Waals surface area contributed by atoms with Crippen molar-refractivity contribution in [3.8, 4) is 0 Å². The van der Waals surface area contributed by atoms with Gasteiger partial charge in [-0.3, -0.25) is 9.89 Å². The summed E-state index contributed by atoms with van der Waals surface area (Å²) >= 11 is 0. The fourth-order valence-corrected chi connectivity index (χ4v) is 2.19. The van der Waals surface area contributed by atoms with Crippen LogP contribution in [0.4, 0.5) is 0 Å². The monoisotopic (exact) mass is 285 g/mol. The quantitative estimate of drug-likeness (QED) is 0.781. The molecular weight excluding hydrogens is 270 g/mol. The lowest BCUT2D eigenvalue weighted by molar-refractivity contribution is -0.139. The zero-order valence-corrected chi connectivity index (χ0v) is 11.2. The van der Waals surface area contributed by atoms with Crippen LogP contribution in [0.3, 0.4) is 0 Å². The maximum atomic E-state index is 12.1. The van der Waals surface area contributed by atoms with Crippen LogP contribution in [-0.2, 0) is 4.79 Å². The van der Waals surface area contributed by atoms with Crippen molar-refractivity contribution in [3.63, 3.8) is 0 Å². The molecule has 2 aromatic rings. The molecule has 3 rings (SSSR count). The van der Waals surface area contributed by atoms with Crippen LogP contribution < -0.4 is 5.32 Å². The molecule has 21 heavy (non-hydrogen) atoms. The SMILES string of the molecule is O=C(N[C@@H](C(=O)O)c1ccccc1)c1cc(C2CC2)[nH]n1. The Morgan fingerprint density at radius 2 is 2.00 bits per heavy atom. The van der Waals surface area contributed by atoms with Gasteiger partial charge in [0.1, 0.15) is 5.69 Å². The molecule has 0 aliphatic heterocycles. The number of carbonyl (C=O) groups excluding carboxylic acids is 1. The fraction of sp³-hybridized carbons (Fsp3) is 0.267. The molecule has 1 aliphatic rings. The van der Waals surface area contributed by atoms with Crippen LogP contribution >= 0.6 is 0 Å². The second-order valence-corrected chi connectivity index (χ2v) is 5.14. The number of aromatic nitrogens is 2. The maximum Gasteiger partial charge on any atom is 0.330 e. The summed E-state index contributed by atoms with van der Waals surface area (Å²) in [5, 5.41) is 18.6. The topological polar surface area (TPSA) is 95.1 Å². The molecule has 0 radical (unpaired) electrons. The molecule has 1 aromatic heterocycles. The lowest BCUT2D eigenvalue weighted by Gasteiger charge is -2.13. The van der Waals surface area contributed by atoms with Crippen molar-refractivity contribution in [2.45, 2.75) is 24.8 Å². The molecule has 1 heterocycles. The van der Waals surface area contributed by atoms with Crippen LogP contribution in [-0.4, -0.2) is 27.2 Å². The number of aliphatic carboxylic acids is 1. The summed E-state index contributed by atoms with van der Waals surface area (Å²) in [6.07, 6.45) is 2.20. The summed E-state index contributed by atoms with van der Waals surface area (Å²) in [4.78, 5) is 23.5. The molecule has 1 atom stereocenters. The first-order valence-corrected chi connectivity index (χ1v) is 6.79. The Morgan fingerprint density at radius 1 is 1.29 bits per heavy atom. The summed E-state index contributed by atoms with van der Waals surface area (Å²) in [5.74, 6) is -1.13. The Morgan fingerprint density at radius 3 is 2.62 bits per heavy atom. The van der Waals surface area contributed by atoms with Gasteiger partial charge in [0.05, 0.1) is 0 Å². The number of hydrogen-bond acceptors (Lipinski definition) is 3. The molecule has 0 saturated heterocycles. The average Bonchev–Trinajstić information content (AvgIpc) is 3.22.